The van der Waals surface area contributed by atoms with Crippen LogP contribution in [0.25, 0.3) is 0 Å². The number of unbranched alkanes of at least 4 members (excludes halogenated alkanes) is 1. The van der Waals surface area contributed by atoms with Gasteiger partial charge in [0.1, 0.15) is 0 Å². The summed E-state index contributed by atoms with van der Waals surface area (Å²) >= 11 is 9.02. The maximum absolute atomic E-state index is 12.1. The minimum absolute atomic E-state index is 0.324. The molecule has 1 aromatic rings. The van der Waals surface area contributed by atoms with Crippen LogP contribution < -0.4 is 5.73 Å². The molecule has 0 saturated heterocycles. The number of carbonyl (C=O) groups is 1. The number of nitrogen functional groups attached to an aromatic ring is 1. The number of hydrogen-bond donors (Lipinski definition) is 1. The van der Waals surface area contributed by atoms with Gasteiger partial charge in [0.05, 0.1) is 17.9 Å². The summed E-state index contributed by atoms with van der Waals surface area (Å²) in [5.41, 5.74) is 8.21. The van der Waals surface area contributed by atoms with Crippen molar-refractivity contribution in [1.29, 1.82) is 0 Å². The molecule has 1 rings (SSSR count). The summed E-state index contributed by atoms with van der Waals surface area (Å²) < 4.78 is 5.98. The summed E-state index contributed by atoms with van der Waals surface area (Å²) in [4.78, 5) is 14.3. The normalized spacial score (nSPS) is 11.0. The number of nitrogens with two attached hydrogens (primary N) is 1. The fourth-order valence-electron chi connectivity index (χ4n) is 2.12. The number of ether oxygens (including phenoxy) is 1. The number of carbonyl (C=O) groups excluding carboxylic acids is 1. The van der Waals surface area contributed by atoms with Crippen molar-refractivity contribution in [3.63, 3.8) is 0 Å². The topological polar surface area (TPSA) is 55.6 Å². The number of alkyl halides is 1. The third-order valence-corrected chi connectivity index (χ3v) is 4.18. The Hall–Kier alpha value is -0.780. The van der Waals surface area contributed by atoms with Gasteiger partial charge in [-0.1, -0.05) is 6.92 Å². The third-order valence-electron chi connectivity index (χ3n) is 3.26. The lowest BCUT2D eigenvalue weighted by Crippen LogP contribution is -2.20. The number of hydrogen-bond acceptors (Lipinski definition) is 4. The van der Waals surface area contributed by atoms with E-state index in [9.17, 15) is 4.79 Å². The molecular weight excluding hydrogens is 368 g/mol. The minimum Gasteiger partial charge on any atom is -0.462 e. The van der Waals surface area contributed by atoms with Crippen LogP contribution in [-0.4, -0.2) is 36.9 Å². The summed E-state index contributed by atoms with van der Waals surface area (Å²) in [5.74, 6) is 0.258. The number of esters is 1. The second kappa shape index (κ2) is 10.1. The monoisotopic (exact) mass is 390 g/mol. The summed E-state index contributed by atoms with van der Waals surface area (Å²) in [6, 6.07) is 3.53. The van der Waals surface area contributed by atoms with Crippen molar-refractivity contribution in [1.82, 2.24) is 4.90 Å². The average Bonchev–Trinajstić information content (AvgIpc) is 2.48. The van der Waals surface area contributed by atoms with Gasteiger partial charge in [0.15, 0.2) is 0 Å². The third kappa shape index (κ3) is 6.15. The molecule has 124 valence electrons. The molecule has 0 radical (unpaired) electrons. The van der Waals surface area contributed by atoms with E-state index in [2.05, 4.69) is 27.8 Å². The molecule has 0 amide bonds. The molecule has 22 heavy (non-hydrogen) atoms. The highest BCUT2D eigenvalue weighted by Gasteiger charge is 2.14. The van der Waals surface area contributed by atoms with Crippen LogP contribution in [-0.2, 0) is 11.3 Å². The van der Waals surface area contributed by atoms with E-state index in [1.807, 2.05) is 13.1 Å². The number of rotatable bonds is 9. The van der Waals surface area contributed by atoms with Gasteiger partial charge in [0.25, 0.3) is 0 Å². The maximum atomic E-state index is 12.1. The van der Waals surface area contributed by atoms with Crippen LogP contribution in [0.1, 0.15) is 42.1 Å². The second-order valence-electron chi connectivity index (χ2n) is 5.30. The van der Waals surface area contributed by atoms with Crippen LogP contribution in [0.3, 0.4) is 0 Å². The van der Waals surface area contributed by atoms with E-state index in [4.69, 9.17) is 22.1 Å². The van der Waals surface area contributed by atoms with Gasteiger partial charge in [-0.25, -0.2) is 4.79 Å². The Morgan fingerprint density at radius 2 is 2.14 bits per heavy atom. The fraction of sp³-hybridized carbons (Fsp3) is 0.562. The molecule has 0 fully saturated rings. The number of anilines is 1. The van der Waals surface area contributed by atoms with Gasteiger partial charge in [-0.05, 0) is 66.5 Å². The summed E-state index contributed by atoms with van der Waals surface area (Å²) in [7, 11) is 2.04. The Kier molecular flexibility index (Phi) is 8.83. The van der Waals surface area contributed by atoms with E-state index < -0.39 is 0 Å². The Morgan fingerprint density at radius 1 is 1.41 bits per heavy atom. The van der Waals surface area contributed by atoms with Crippen LogP contribution in [0.2, 0.25) is 0 Å². The molecule has 1 aromatic carbocycles. The Morgan fingerprint density at radius 3 is 2.77 bits per heavy atom. The van der Waals surface area contributed by atoms with Gasteiger partial charge in [-0.2, -0.15) is 0 Å². The molecular formula is C16H24BrClN2O2. The molecule has 0 aliphatic carbocycles. The van der Waals surface area contributed by atoms with E-state index in [1.54, 1.807) is 6.07 Å². The van der Waals surface area contributed by atoms with Gasteiger partial charge in [0.2, 0.25) is 0 Å². The van der Waals surface area contributed by atoms with Gasteiger partial charge in [0, 0.05) is 16.9 Å². The van der Waals surface area contributed by atoms with Crippen molar-refractivity contribution in [3.05, 3.63) is 27.7 Å². The molecule has 0 aliphatic heterocycles. The van der Waals surface area contributed by atoms with Gasteiger partial charge in [-0.3, -0.25) is 0 Å². The largest absolute Gasteiger partial charge is 0.462 e. The SMILES string of the molecule is CCCN(C)Cc1cc(C(=O)OCCCCCl)cc(Br)c1N. The maximum Gasteiger partial charge on any atom is 0.338 e. The number of nitrogens with zero attached hydrogens (tertiary/aromatic N) is 1. The van der Waals surface area contributed by atoms with E-state index in [0.29, 0.717) is 30.3 Å². The smallest absolute Gasteiger partial charge is 0.338 e. The average molecular weight is 392 g/mol. The number of benzene rings is 1. The molecule has 0 aromatic heterocycles. The van der Waals surface area contributed by atoms with Crippen molar-refractivity contribution in [2.45, 2.75) is 32.7 Å². The van der Waals surface area contributed by atoms with E-state index in [0.717, 1.165) is 35.8 Å². The molecule has 0 heterocycles. The molecule has 2 N–H and O–H groups in total. The van der Waals surface area contributed by atoms with Crippen LogP contribution in [0.5, 0.6) is 0 Å². The standard InChI is InChI=1S/C16H24BrClN2O2/c1-3-7-20(2)11-13-9-12(10-14(17)15(13)19)16(21)22-8-5-4-6-18/h9-10H,3-8,11,19H2,1-2H3. The lowest BCUT2D eigenvalue weighted by Gasteiger charge is -2.18. The highest BCUT2D eigenvalue weighted by Crippen LogP contribution is 2.27. The molecule has 4 nitrogen and oxygen atoms in total. The summed E-state index contributed by atoms with van der Waals surface area (Å²) in [6.07, 6.45) is 2.69. The Balaban J connectivity index is 2.79. The Labute approximate surface area is 146 Å². The van der Waals surface area contributed by atoms with E-state index >= 15 is 0 Å². The first-order chi connectivity index (χ1) is 10.5. The van der Waals surface area contributed by atoms with Gasteiger partial charge in [-0.15, -0.1) is 11.6 Å². The van der Waals surface area contributed by atoms with Crippen LogP contribution in [0.4, 0.5) is 5.69 Å². The first-order valence-electron chi connectivity index (χ1n) is 7.49. The van der Waals surface area contributed by atoms with Crippen molar-refractivity contribution in [2.75, 3.05) is 31.8 Å². The molecule has 0 aliphatic rings. The molecule has 0 atom stereocenters. The first-order valence-corrected chi connectivity index (χ1v) is 8.81. The van der Waals surface area contributed by atoms with Crippen molar-refractivity contribution >= 4 is 39.2 Å². The molecule has 6 heteroatoms. The summed E-state index contributed by atoms with van der Waals surface area (Å²) in [5, 5.41) is 0. The zero-order chi connectivity index (χ0) is 16.5. The zero-order valence-electron chi connectivity index (χ0n) is 13.2. The van der Waals surface area contributed by atoms with Crippen LogP contribution >= 0.6 is 27.5 Å². The molecule has 0 saturated carbocycles. The first kappa shape index (κ1) is 19.3. The lowest BCUT2D eigenvalue weighted by atomic mass is 10.1. The molecule has 0 bridgehead atoms. The van der Waals surface area contributed by atoms with Crippen molar-refractivity contribution in [2.24, 2.45) is 0 Å². The van der Waals surface area contributed by atoms with Crippen molar-refractivity contribution < 1.29 is 9.53 Å². The predicted octanol–water partition coefficient (Wildman–Crippen LogP) is 4.05. The highest BCUT2D eigenvalue weighted by molar-refractivity contribution is 9.10. The van der Waals surface area contributed by atoms with E-state index in [1.165, 1.54) is 0 Å². The highest BCUT2D eigenvalue weighted by atomic mass is 79.9. The van der Waals surface area contributed by atoms with Crippen molar-refractivity contribution in [3.8, 4) is 0 Å². The lowest BCUT2D eigenvalue weighted by molar-refractivity contribution is 0.0499. The number of halogens is 2. The quantitative estimate of drug-likeness (QED) is 0.299. The predicted molar refractivity (Wildman–Crippen MR) is 95.4 cm³/mol. The van der Waals surface area contributed by atoms with E-state index in [-0.39, 0.29) is 5.97 Å². The Bertz CT molecular complexity index is 497. The minimum atomic E-state index is -0.324. The molecule has 0 unspecified atom stereocenters. The second-order valence-corrected chi connectivity index (χ2v) is 6.53. The fourth-order valence-corrected chi connectivity index (χ4v) is 2.81. The van der Waals surface area contributed by atoms with Gasteiger partial charge < -0.3 is 15.4 Å². The molecule has 0 spiro atoms. The van der Waals surface area contributed by atoms with Crippen LogP contribution in [0.15, 0.2) is 16.6 Å². The van der Waals surface area contributed by atoms with Crippen LogP contribution in [0, 0.1) is 0 Å². The zero-order valence-corrected chi connectivity index (χ0v) is 15.5. The van der Waals surface area contributed by atoms with Gasteiger partial charge >= 0.3 is 5.97 Å². The summed E-state index contributed by atoms with van der Waals surface area (Å²) in [6.45, 7) is 4.19.